The van der Waals surface area contributed by atoms with Crippen LogP contribution in [0, 0.1) is 18.3 Å². The van der Waals surface area contributed by atoms with Crippen molar-refractivity contribution in [2.45, 2.75) is 26.7 Å². The molecule has 4 nitrogen and oxygen atoms in total. The van der Waals surface area contributed by atoms with Gasteiger partial charge in [0, 0.05) is 21.3 Å². The van der Waals surface area contributed by atoms with Crippen molar-refractivity contribution in [1.29, 1.82) is 5.26 Å². The van der Waals surface area contributed by atoms with Gasteiger partial charge in [-0.05, 0) is 31.2 Å². The van der Waals surface area contributed by atoms with Crippen molar-refractivity contribution >= 4 is 28.9 Å². The molecule has 0 saturated carbocycles. The van der Waals surface area contributed by atoms with Crippen LogP contribution >= 0.6 is 23.2 Å². The molecule has 110 valence electrons. The van der Waals surface area contributed by atoms with Crippen molar-refractivity contribution in [2.75, 3.05) is 5.73 Å². The first kappa shape index (κ1) is 17.2. The fraction of sp³-hybridized carbons (Fsp3) is 0.267. The number of hydrogen-bond donors (Lipinski definition) is 1. The summed E-state index contributed by atoms with van der Waals surface area (Å²) in [6, 6.07) is 8.79. The van der Waals surface area contributed by atoms with Crippen LogP contribution in [-0.2, 0) is 0 Å². The standard InChI is InChI=1S/C13H10Cl2N4.C2H6/c1-7-2-3-12(19-18-7)9(6-16)13-10(14)4-8(17)5-11(13)15;1-2/h2-5,9H,17H2,1H3;1-2H3. The van der Waals surface area contributed by atoms with E-state index in [0.29, 0.717) is 27.0 Å². The first-order chi connectivity index (χ1) is 10.0. The summed E-state index contributed by atoms with van der Waals surface area (Å²) in [5.41, 5.74) is 7.87. The number of nitrogens with two attached hydrogens (primary N) is 1. The average Bonchev–Trinajstić information content (AvgIpc) is 2.46. The highest BCUT2D eigenvalue weighted by Gasteiger charge is 2.22. The van der Waals surface area contributed by atoms with Gasteiger partial charge in [-0.2, -0.15) is 15.5 Å². The third-order valence-electron chi connectivity index (χ3n) is 2.63. The van der Waals surface area contributed by atoms with Crippen LogP contribution < -0.4 is 5.73 Å². The maximum absolute atomic E-state index is 9.35. The molecule has 6 heteroatoms. The largest absolute Gasteiger partial charge is 0.399 e. The van der Waals surface area contributed by atoms with Crippen LogP contribution in [0.25, 0.3) is 0 Å². The molecular formula is C15H16Cl2N4. The Labute approximate surface area is 134 Å². The lowest BCUT2D eigenvalue weighted by Gasteiger charge is -2.13. The summed E-state index contributed by atoms with van der Waals surface area (Å²) < 4.78 is 0. The van der Waals surface area contributed by atoms with E-state index in [4.69, 9.17) is 28.9 Å². The van der Waals surface area contributed by atoms with Gasteiger partial charge in [0.25, 0.3) is 0 Å². The summed E-state index contributed by atoms with van der Waals surface area (Å²) >= 11 is 12.3. The van der Waals surface area contributed by atoms with Crippen LogP contribution in [0.5, 0.6) is 0 Å². The Kier molecular flexibility index (Phi) is 6.41. The molecule has 2 rings (SSSR count). The molecule has 1 unspecified atom stereocenters. The number of benzene rings is 1. The SMILES string of the molecule is CC.Cc1ccc(C(C#N)c2c(Cl)cc(N)cc2Cl)nn1. The van der Waals surface area contributed by atoms with Crippen LogP contribution in [0.4, 0.5) is 5.69 Å². The quantitative estimate of drug-likeness (QED) is 0.833. The molecule has 0 bridgehead atoms. The summed E-state index contributed by atoms with van der Waals surface area (Å²) in [5, 5.41) is 18.0. The smallest absolute Gasteiger partial charge is 0.118 e. The van der Waals surface area contributed by atoms with Gasteiger partial charge in [-0.3, -0.25) is 0 Å². The van der Waals surface area contributed by atoms with Crippen LogP contribution in [-0.4, -0.2) is 10.2 Å². The normalized spacial score (nSPS) is 11.0. The van der Waals surface area contributed by atoms with E-state index in [1.165, 1.54) is 0 Å². The van der Waals surface area contributed by atoms with E-state index in [1.807, 2.05) is 20.8 Å². The highest BCUT2D eigenvalue weighted by Crippen LogP contribution is 2.36. The van der Waals surface area contributed by atoms with Crippen LogP contribution in [0.2, 0.25) is 10.0 Å². The molecule has 0 fully saturated rings. The summed E-state index contributed by atoms with van der Waals surface area (Å²) in [4.78, 5) is 0. The van der Waals surface area contributed by atoms with Gasteiger partial charge in [-0.25, -0.2) is 0 Å². The predicted octanol–water partition coefficient (Wildman–Crippen LogP) is 4.36. The van der Waals surface area contributed by atoms with Crippen molar-refractivity contribution in [1.82, 2.24) is 10.2 Å². The number of anilines is 1. The first-order valence-electron chi connectivity index (χ1n) is 6.47. The molecule has 21 heavy (non-hydrogen) atoms. The lowest BCUT2D eigenvalue weighted by molar-refractivity contribution is 0.865. The maximum Gasteiger partial charge on any atom is 0.118 e. The van der Waals surface area contributed by atoms with Gasteiger partial charge in [0.05, 0.1) is 17.5 Å². The Morgan fingerprint density at radius 2 is 1.71 bits per heavy atom. The number of nitrogen functional groups attached to an aromatic ring is 1. The summed E-state index contributed by atoms with van der Waals surface area (Å²) in [6.45, 7) is 5.82. The Bertz CT molecular complexity index is 625. The molecule has 1 aromatic heterocycles. The van der Waals surface area contributed by atoms with E-state index < -0.39 is 5.92 Å². The minimum absolute atomic E-state index is 0.346. The summed E-state index contributed by atoms with van der Waals surface area (Å²) in [7, 11) is 0. The minimum Gasteiger partial charge on any atom is -0.399 e. The highest BCUT2D eigenvalue weighted by atomic mass is 35.5. The zero-order chi connectivity index (χ0) is 16.0. The molecular weight excluding hydrogens is 307 g/mol. The number of aryl methyl sites for hydroxylation is 1. The molecule has 0 spiro atoms. The van der Waals surface area contributed by atoms with Gasteiger partial charge < -0.3 is 5.73 Å². The second-order valence-corrected chi connectivity index (χ2v) is 4.87. The van der Waals surface area contributed by atoms with E-state index >= 15 is 0 Å². The molecule has 0 saturated heterocycles. The zero-order valence-electron chi connectivity index (χ0n) is 12.1. The predicted molar refractivity (Wildman–Crippen MR) is 86.4 cm³/mol. The number of halogens is 2. The second kappa shape index (κ2) is 7.82. The Hall–Kier alpha value is -1.83. The maximum atomic E-state index is 9.35. The van der Waals surface area contributed by atoms with E-state index in [2.05, 4.69) is 16.3 Å². The number of hydrogen-bond acceptors (Lipinski definition) is 4. The lowest BCUT2D eigenvalue weighted by Crippen LogP contribution is -2.05. The third-order valence-corrected chi connectivity index (χ3v) is 3.26. The molecule has 0 aliphatic rings. The highest BCUT2D eigenvalue weighted by molar-refractivity contribution is 6.36. The molecule has 1 heterocycles. The van der Waals surface area contributed by atoms with E-state index in [-0.39, 0.29) is 0 Å². The van der Waals surface area contributed by atoms with Gasteiger partial charge in [0.15, 0.2) is 0 Å². The van der Waals surface area contributed by atoms with Gasteiger partial charge >= 0.3 is 0 Å². The fourth-order valence-corrected chi connectivity index (χ4v) is 2.44. The number of nitrogens with zero attached hydrogens (tertiary/aromatic N) is 3. The van der Waals surface area contributed by atoms with Crippen molar-refractivity contribution in [3.05, 3.63) is 51.3 Å². The lowest BCUT2D eigenvalue weighted by atomic mass is 9.96. The Morgan fingerprint density at radius 1 is 1.14 bits per heavy atom. The van der Waals surface area contributed by atoms with Crippen molar-refractivity contribution < 1.29 is 0 Å². The van der Waals surface area contributed by atoms with Crippen molar-refractivity contribution in [2.24, 2.45) is 0 Å². The van der Waals surface area contributed by atoms with Gasteiger partial charge in [-0.15, -0.1) is 0 Å². The van der Waals surface area contributed by atoms with Crippen molar-refractivity contribution in [3.63, 3.8) is 0 Å². The average molecular weight is 323 g/mol. The van der Waals surface area contributed by atoms with Gasteiger partial charge in [0.1, 0.15) is 5.92 Å². The molecule has 2 N–H and O–H groups in total. The molecule has 1 aromatic carbocycles. The molecule has 1 atom stereocenters. The summed E-state index contributed by atoms with van der Waals surface area (Å²) in [6.07, 6.45) is 0. The second-order valence-electron chi connectivity index (χ2n) is 4.06. The monoisotopic (exact) mass is 322 g/mol. The molecule has 0 aliphatic heterocycles. The van der Waals surface area contributed by atoms with E-state index in [1.54, 1.807) is 24.3 Å². The zero-order valence-corrected chi connectivity index (χ0v) is 13.6. The first-order valence-corrected chi connectivity index (χ1v) is 7.22. The number of aromatic nitrogens is 2. The molecule has 0 radical (unpaired) electrons. The van der Waals surface area contributed by atoms with Gasteiger partial charge in [-0.1, -0.05) is 37.0 Å². The van der Waals surface area contributed by atoms with Crippen LogP contribution in [0.1, 0.15) is 36.7 Å². The minimum atomic E-state index is -0.673. The van der Waals surface area contributed by atoms with Crippen molar-refractivity contribution in [3.8, 4) is 6.07 Å². The fourth-order valence-electron chi connectivity index (χ4n) is 1.72. The Balaban J connectivity index is 0.00000106. The van der Waals surface area contributed by atoms with Gasteiger partial charge in [0.2, 0.25) is 0 Å². The van der Waals surface area contributed by atoms with E-state index in [9.17, 15) is 5.26 Å². The van der Waals surface area contributed by atoms with Crippen LogP contribution in [0.15, 0.2) is 24.3 Å². The number of rotatable bonds is 2. The topological polar surface area (TPSA) is 75.6 Å². The molecule has 0 aliphatic carbocycles. The van der Waals surface area contributed by atoms with Crippen LogP contribution in [0.3, 0.4) is 0 Å². The third kappa shape index (κ3) is 4.07. The molecule has 0 amide bonds. The summed E-state index contributed by atoms with van der Waals surface area (Å²) in [5.74, 6) is -0.673. The molecule has 2 aromatic rings. The van der Waals surface area contributed by atoms with E-state index in [0.717, 1.165) is 5.69 Å². The Morgan fingerprint density at radius 3 is 2.14 bits per heavy atom. The number of nitriles is 1.